The van der Waals surface area contributed by atoms with Gasteiger partial charge in [-0.25, -0.2) is 0 Å². The third kappa shape index (κ3) is 1.66. The average molecular weight is 178 g/mol. The zero-order valence-corrected chi connectivity index (χ0v) is 7.53. The lowest BCUT2D eigenvalue weighted by atomic mass is 10.1. The van der Waals surface area contributed by atoms with Crippen LogP contribution in [-0.4, -0.2) is 24.9 Å². The van der Waals surface area contributed by atoms with E-state index in [0.29, 0.717) is 0 Å². The van der Waals surface area contributed by atoms with Gasteiger partial charge < -0.3 is 15.3 Å². The van der Waals surface area contributed by atoms with E-state index in [1.807, 2.05) is 17.0 Å². The Labute approximate surface area is 78.0 Å². The highest BCUT2D eigenvalue weighted by molar-refractivity contribution is 5.53. The summed E-state index contributed by atoms with van der Waals surface area (Å²) in [6.07, 6.45) is 0. The van der Waals surface area contributed by atoms with Crippen LogP contribution in [0.2, 0.25) is 0 Å². The molecule has 2 N–H and O–H groups in total. The summed E-state index contributed by atoms with van der Waals surface area (Å²) in [6.45, 7) is 2.79. The summed E-state index contributed by atoms with van der Waals surface area (Å²) in [4.78, 5) is 1.98. The van der Waals surface area contributed by atoms with Crippen molar-refractivity contribution in [2.75, 3.05) is 24.7 Å². The molecule has 3 heteroatoms. The van der Waals surface area contributed by atoms with Crippen molar-refractivity contribution in [2.24, 2.45) is 0 Å². The molecule has 13 heavy (non-hydrogen) atoms. The Morgan fingerprint density at radius 2 is 2.23 bits per heavy atom. The second-order valence-corrected chi connectivity index (χ2v) is 3.21. The van der Waals surface area contributed by atoms with Crippen LogP contribution in [0.5, 0.6) is 0 Å². The van der Waals surface area contributed by atoms with Crippen LogP contribution >= 0.6 is 0 Å². The van der Waals surface area contributed by atoms with Crippen LogP contribution in [0.1, 0.15) is 5.56 Å². The number of hydrogen-bond acceptors (Lipinski definition) is 3. The van der Waals surface area contributed by atoms with Crippen LogP contribution in [0.3, 0.4) is 0 Å². The first-order valence-electron chi connectivity index (χ1n) is 4.56. The van der Waals surface area contributed by atoms with E-state index in [1.165, 1.54) is 5.56 Å². The molecular formula is C10H14N2O. The van der Waals surface area contributed by atoms with Gasteiger partial charge in [0, 0.05) is 25.3 Å². The summed E-state index contributed by atoms with van der Waals surface area (Å²) < 4.78 is 0. The zero-order valence-electron chi connectivity index (χ0n) is 7.53. The lowest BCUT2D eigenvalue weighted by molar-refractivity contribution is 0.291. The van der Waals surface area contributed by atoms with E-state index in [-0.39, 0.29) is 6.73 Å². The highest BCUT2D eigenvalue weighted by atomic mass is 16.3. The lowest BCUT2D eigenvalue weighted by Gasteiger charge is -2.21. The first-order valence-corrected chi connectivity index (χ1v) is 4.56. The molecule has 1 aromatic rings. The van der Waals surface area contributed by atoms with Gasteiger partial charge in [-0.15, -0.1) is 0 Å². The number of aliphatic hydroxyl groups is 1. The van der Waals surface area contributed by atoms with E-state index in [9.17, 15) is 0 Å². The van der Waals surface area contributed by atoms with Gasteiger partial charge in [-0.05, 0) is 11.6 Å². The van der Waals surface area contributed by atoms with Gasteiger partial charge in [-0.3, -0.25) is 0 Å². The second kappa shape index (κ2) is 3.77. The minimum Gasteiger partial charge on any atom is -0.376 e. The molecule has 1 aliphatic heterocycles. The highest BCUT2D eigenvalue weighted by Crippen LogP contribution is 2.20. The fraction of sp³-hybridized carbons (Fsp3) is 0.400. The van der Waals surface area contributed by atoms with Gasteiger partial charge in [-0.1, -0.05) is 18.2 Å². The van der Waals surface area contributed by atoms with Crippen LogP contribution in [0.15, 0.2) is 24.3 Å². The molecule has 1 aromatic carbocycles. The fourth-order valence-electron chi connectivity index (χ4n) is 1.67. The predicted octanol–water partition coefficient (Wildman–Crippen LogP) is 0.546. The van der Waals surface area contributed by atoms with Crippen molar-refractivity contribution in [3.05, 3.63) is 29.8 Å². The Balaban J connectivity index is 2.35. The first-order chi connectivity index (χ1) is 6.42. The normalized spacial score (nSPS) is 16.5. The van der Waals surface area contributed by atoms with Gasteiger partial charge >= 0.3 is 0 Å². The molecule has 0 saturated carbocycles. The van der Waals surface area contributed by atoms with E-state index in [4.69, 9.17) is 5.11 Å². The molecule has 3 nitrogen and oxygen atoms in total. The summed E-state index contributed by atoms with van der Waals surface area (Å²) >= 11 is 0. The van der Waals surface area contributed by atoms with E-state index in [0.717, 1.165) is 25.3 Å². The van der Waals surface area contributed by atoms with Gasteiger partial charge in [0.05, 0.1) is 0 Å². The van der Waals surface area contributed by atoms with Crippen LogP contribution in [-0.2, 0) is 6.54 Å². The Bertz CT molecular complexity index is 288. The van der Waals surface area contributed by atoms with Crippen molar-refractivity contribution in [2.45, 2.75) is 6.54 Å². The number of fused-ring (bicyclic) bond motifs is 1. The van der Waals surface area contributed by atoms with Crippen molar-refractivity contribution >= 4 is 5.69 Å². The molecular weight excluding hydrogens is 164 g/mol. The number of aliphatic hydroxyl groups excluding tert-OH is 1. The molecule has 1 heterocycles. The molecule has 0 spiro atoms. The number of benzene rings is 1. The Kier molecular flexibility index (Phi) is 2.47. The summed E-state index contributed by atoms with van der Waals surface area (Å²) in [5, 5.41) is 12.5. The quantitative estimate of drug-likeness (QED) is 0.659. The van der Waals surface area contributed by atoms with E-state index < -0.39 is 0 Å². The average Bonchev–Trinajstić information content (AvgIpc) is 2.39. The van der Waals surface area contributed by atoms with Crippen LogP contribution in [0.4, 0.5) is 5.69 Å². The standard InChI is InChI=1S/C10H14N2O/c13-8-12-6-5-11-7-9-3-1-2-4-10(9)12/h1-4,11,13H,5-8H2. The van der Waals surface area contributed by atoms with Gasteiger partial charge in [0.1, 0.15) is 6.73 Å². The van der Waals surface area contributed by atoms with E-state index in [2.05, 4.69) is 17.4 Å². The van der Waals surface area contributed by atoms with Crippen LogP contribution < -0.4 is 10.2 Å². The largest absolute Gasteiger partial charge is 0.376 e. The van der Waals surface area contributed by atoms with Gasteiger partial charge in [0.25, 0.3) is 0 Å². The summed E-state index contributed by atoms with van der Waals surface area (Å²) in [7, 11) is 0. The van der Waals surface area contributed by atoms with Crippen molar-refractivity contribution in [3.8, 4) is 0 Å². The summed E-state index contributed by atoms with van der Waals surface area (Å²) in [6, 6.07) is 8.18. The molecule has 0 radical (unpaired) electrons. The summed E-state index contributed by atoms with van der Waals surface area (Å²) in [5.74, 6) is 0. The SMILES string of the molecule is OCN1CCNCc2ccccc21. The molecule has 0 fully saturated rings. The number of rotatable bonds is 1. The van der Waals surface area contributed by atoms with Crippen LogP contribution in [0.25, 0.3) is 0 Å². The molecule has 0 bridgehead atoms. The number of nitrogens with zero attached hydrogens (tertiary/aromatic N) is 1. The molecule has 0 aliphatic carbocycles. The monoisotopic (exact) mass is 178 g/mol. The molecule has 0 atom stereocenters. The smallest absolute Gasteiger partial charge is 0.115 e. The zero-order chi connectivity index (χ0) is 9.10. The number of para-hydroxylation sites is 1. The lowest BCUT2D eigenvalue weighted by Crippen LogP contribution is -2.29. The van der Waals surface area contributed by atoms with Crippen molar-refractivity contribution in [1.82, 2.24) is 5.32 Å². The maximum absolute atomic E-state index is 9.16. The second-order valence-electron chi connectivity index (χ2n) is 3.21. The number of nitrogens with one attached hydrogen (secondary N) is 1. The number of hydrogen-bond donors (Lipinski definition) is 2. The van der Waals surface area contributed by atoms with E-state index >= 15 is 0 Å². The Morgan fingerprint density at radius 3 is 3.08 bits per heavy atom. The van der Waals surface area contributed by atoms with Gasteiger partial charge in [-0.2, -0.15) is 0 Å². The Hall–Kier alpha value is -1.06. The van der Waals surface area contributed by atoms with Crippen LogP contribution in [0, 0.1) is 0 Å². The number of anilines is 1. The topological polar surface area (TPSA) is 35.5 Å². The molecule has 0 amide bonds. The highest BCUT2D eigenvalue weighted by Gasteiger charge is 2.12. The van der Waals surface area contributed by atoms with Gasteiger partial charge in [0.15, 0.2) is 0 Å². The van der Waals surface area contributed by atoms with Crippen molar-refractivity contribution < 1.29 is 5.11 Å². The third-order valence-electron chi connectivity index (χ3n) is 2.38. The minimum atomic E-state index is 0.0959. The predicted molar refractivity (Wildman–Crippen MR) is 52.6 cm³/mol. The minimum absolute atomic E-state index is 0.0959. The third-order valence-corrected chi connectivity index (χ3v) is 2.38. The van der Waals surface area contributed by atoms with Crippen molar-refractivity contribution in [1.29, 1.82) is 0 Å². The van der Waals surface area contributed by atoms with Gasteiger partial charge in [0.2, 0.25) is 0 Å². The molecule has 0 aromatic heterocycles. The maximum atomic E-state index is 9.16. The van der Waals surface area contributed by atoms with E-state index in [1.54, 1.807) is 0 Å². The summed E-state index contributed by atoms with van der Waals surface area (Å²) in [5.41, 5.74) is 2.41. The Morgan fingerprint density at radius 1 is 1.38 bits per heavy atom. The maximum Gasteiger partial charge on any atom is 0.115 e. The molecule has 70 valence electrons. The molecule has 0 saturated heterocycles. The molecule has 2 rings (SSSR count). The first kappa shape index (κ1) is 8.53. The molecule has 1 aliphatic rings. The fourth-order valence-corrected chi connectivity index (χ4v) is 1.67. The van der Waals surface area contributed by atoms with Crippen molar-refractivity contribution in [3.63, 3.8) is 0 Å². The molecule has 0 unspecified atom stereocenters.